The van der Waals surface area contributed by atoms with Crippen LogP contribution in [0.1, 0.15) is 24.8 Å². The zero-order chi connectivity index (χ0) is 9.36. The second-order valence-electron chi connectivity index (χ2n) is 3.22. The summed E-state index contributed by atoms with van der Waals surface area (Å²) in [6.07, 6.45) is 3.51. The molecule has 0 heterocycles. The van der Waals surface area contributed by atoms with Gasteiger partial charge in [-0.05, 0) is 18.5 Å². The number of hydrogen-bond acceptors (Lipinski definition) is 1. The highest BCUT2D eigenvalue weighted by atomic mass is 14.8. The molecule has 0 aliphatic carbocycles. The van der Waals surface area contributed by atoms with Gasteiger partial charge in [-0.15, -0.1) is 0 Å². The molecular weight excluding hydrogens is 158 g/mol. The fourth-order valence-corrected chi connectivity index (χ4v) is 1.26. The molecule has 1 aromatic carbocycles. The maximum Gasteiger partial charge on any atom is 0.0205 e. The Labute approximate surface area is 81.2 Å². The molecule has 0 aliphatic rings. The maximum absolute atomic E-state index is 3.81. The summed E-state index contributed by atoms with van der Waals surface area (Å²) in [6, 6.07) is 10.5. The van der Waals surface area contributed by atoms with Gasteiger partial charge in [-0.3, -0.25) is 0 Å². The Balaban J connectivity index is 2.07. The van der Waals surface area contributed by atoms with E-state index in [2.05, 4.69) is 36.5 Å². The average Bonchev–Trinajstić information content (AvgIpc) is 2.19. The fourth-order valence-electron chi connectivity index (χ4n) is 1.26. The molecule has 0 saturated carbocycles. The number of rotatable bonds is 6. The molecule has 0 atom stereocenters. The predicted molar refractivity (Wildman–Crippen MR) is 57.4 cm³/mol. The number of hydrogen-bond donors (Lipinski definition) is 1. The minimum absolute atomic E-state index is 0.984. The first-order chi connectivity index (χ1) is 6.43. The molecule has 1 radical (unpaired) electrons. The van der Waals surface area contributed by atoms with Gasteiger partial charge in [0.2, 0.25) is 0 Å². The van der Waals surface area contributed by atoms with Gasteiger partial charge in [0, 0.05) is 6.54 Å². The lowest BCUT2D eigenvalue weighted by molar-refractivity contribution is 0.626. The van der Waals surface area contributed by atoms with E-state index in [1.54, 1.807) is 0 Å². The molecule has 0 fully saturated rings. The SMILES string of the molecule is [CH2]CCCCNCc1ccccc1. The largest absolute Gasteiger partial charge is 0.313 e. The predicted octanol–water partition coefficient (Wildman–Crippen LogP) is 2.78. The quantitative estimate of drug-likeness (QED) is 0.657. The van der Waals surface area contributed by atoms with Crippen molar-refractivity contribution < 1.29 is 0 Å². The molecule has 13 heavy (non-hydrogen) atoms. The van der Waals surface area contributed by atoms with Crippen molar-refractivity contribution >= 4 is 0 Å². The smallest absolute Gasteiger partial charge is 0.0205 e. The first-order valence-corrected chi connectivity index (χ1v) is 4.97. The average molecular weight is 176 g/mol. The third-order valence-corrected chi connectivity index (χ3v) is 2.03. The number of unbranched alkanes of at least 4 members (excludes halogenated alkanes) is 2. The molecule has 0 amide bonds. The molecule has 0 bridgehead atoms. The van der Waals surface area contributed by atoms with Crippen molar-refractivity contribution in [2.75, 3.05) is 6.54 Å². The van der Waals surface area contributed by atoms with Crippen molar-refractivity contribution in [1.82, 2.24) is 5.32 Å². The van der Waals surface area contributed by atoms with Gasteiger partial charge < -0.3 is 5.32 Å². The van der Waals surface area contributed by atoms with Crippen LogP contribution < -0.4 is 5.32 Å². The summed E-state index contributed by atoms with van der Waals surface area (Å²) in [7, 11) is 0. The van der Waals surface area contributed by atoms with Crippen LogP contribution in [0.4, 0.5) is 0 Å². The standard InChI is InChI=1S/C12H18N/c1-2-3-7-10-13-11-12-8-5-4-6-9-12/h4-6,8-9,13H,1-3,7,10-11H2. The Kier molecular flexibility index (Phi) is 5.27. The summed E-state index contributed by atoms with van der Waals surface area (Å²) in [5, 5.41) is 3.41. The van der Waals surface area contributed by atoms with Crippen LogP contribution in [-0.2, 0) is 6.54 Å². The number of nitrogens with one attached hydrogen (secondary N) is 1. The van der Waals surface area contributed by atoms with Gasteiger partial charge in [-0.2, -0.15) is 0 Å². The molecule has 0 spiro atoms. The summed E-state index contributed by atoms with van der Waals surface area (Å²) in [4.78, 5) is 0. The normalized spacial score (nSPS) is 10.2. The van der Waals surface area contributed by atoms with Crippen LogP contribution >= 0.6 is 0 Å². The molecule has 0 unspecified atom stereocenters. The van der Waals surface area contributed by atoms with E-state index in [9.17, 15) is 0 Å². The van der Waals surface area contributed by atoms with E-state index >= 15 is 0 Å². The molecular formula is C12H18N. The van der Waals surface area contributed by atoms with Crippen LogP contribution in [0.25, 0.3) is 0 Å². The van der Waals surface area contributed by atoms with E-state index in [1.807, 2.05) is 6.07 Å². The van der Waals surface area contributed by atoms with Gasteiger partial charge in [-0.25, -0.2) is 0 Å². The molecule has 1 aromatic rings. The summed E-state index contributed by atoms with van der Waals surface area (Å²) < 4.78 is 0. The Morgan fingerprint density at radius 3 is 2.54 bits per heavy atom. The van der Waals surface area contributed by atoms with Crippen LogP contribution in [0.5, 0.6) is 0 Å². The molecule has 1 rings (SSSR count). The van der Waals surface area contributed by atoms with E-state index in [-0.39, 0.29) is 0 Å². The second kappa shape index (κ2) is 6.67. The zero-order valence-corrected chi connectivity index (χ0v) is 8.13. The van der Waals surface area contributed by atoms with Crippen molar-refractivity contribution in [3.63, 3.8) is 0 Å². The minimum Gasteiger partial charge on any atom is -0.313 e. The van der Waals surface area contributed by atoms with Crippen molar-refractivity contribution in [3.05, 3.63) is 42.8 Å². The molecule has 1 N–H and O–H groups in total. The Hall–Kier alpha value is -0.820. The molecule has 0 aromatic heterocycles. The van der Waals surface area contributed by atoms with Gasteiger partial charge in [-0.1, -0.05) is 50.1 Å². The third-order valence-electron chi connectivity index (χ3n) is 2.03. The monoisotopic (exact) mass is 176 g/mol. The van der Waals surface area contributed by atoms with Gasteiger partial charge in [0.05, 0.1) is 0 Å². The van der Waals surface area contributed by atoms with Crippen LogP contribution in [0, 0.1) is 6.92 Å². The second-order valence-corrected chi connectivity index (χ2v) is 3.22. The van der Waals surface area contributed by atoms with Crippen molar-refractivity contribution in [2.45, 2.75) is 25.8 Å². The van der Waals surface area contributed by atoms with E-state index in [4.69, 9.17) is 0 Å². The molecule has 1 nitrogen and oxygen atoms in total. The van der Waals surface area contributed by atoms with Gasteiger partial charge >= 0.3 is 0 Å². The van der Waals surface area contributed by atoms with Gasteiger partial charge in [0.15, 0.2) is 0 Å². The summed E-state index contributed by atoms with van der Waals surface area (Å²) in [5.74, 6) is 0. The van der Waals surface area contributed by atoms with Crippen LogP contribution in [0.2, 0.25) is 0 Å². The fraction of sp³-hybridized carbons (Fsp3) is 0.417. The minimum atomic E-state index is 0.984. The molecule has 0 aliphatic heterocycles. The first kappa shape index (κ1) is 10.3. The number of benzene rings is 1. The zero-order valence-electron chi connectivity index (χ0n) is 8.13. The first-order valence-electron chi connectivity index (χ1n) is 4.97. The van der Waals surface area contributed by atoms with E-state index < -0.39 is 0 Å². The topological polar surface area (TPSA) is 12.0 Å². The highest BCUT2D eigenvalue weighted by Gasteiger charge is 1.89. The summed E-state index contributed by atoms with van der Waals surface area (Å²) in [6.45, 7) is 5.90. The highest BCUT2D eigenvalue weighted by molar-refractivity contribution is 5.14. The summed E-state index contributed by atoms with van der Waals surface area (Å²) >= 11 is 0. The lowest BCUT2D eigenvalue weighted by Crippen LogP contribution is -2.14. The lowest BCUT2D eigenvalue weighted by atomic mass is 10.2. The highest BCUT2D eigenvalue weighted by Crippen LogP contribution is 1.97. The van der Waals surface area contributed by atoms with E-state index in [0.717, 1.165) is 19.5 Å². The van der Waals surface area contributed by atoms with Crippen LogP contribution in [-0.4, -0.2) is 6.54 Å². The molecule has 71 valence electrons. The Bertz CT molecular complexity index is 206. The van der Waals surface area contributed by atoms with E-state index in [0.29, 0.717) is 0 Å². The van der Waals surface area contributed by atoms with Gasteiger partial charge in [0.25, 0.3) is 0 Å². The Morgan fingerprint density at radius 2 is 1.85 bits per heavy atom. The molecule has 1 heteroatoms. The third kappa shape index (κ3) is 4.69. The lowest BCUT2D eigenvalue weighted by Gasteiger charge is -2.03. The van der Waals surface area contributed by atoms with Crippen LogP contribution in [0.3, 0.4) is 0 Å². The Morgan fingerprint density at radius 1 is 1.08 bits per heavy atom. The van der Waals surface area contributed by atoms with Gasteiger partial charge in [0.1, 0.15) is 0 Å². The maximum atomic E-state index is 3.81. The van der Waals surface area contributed by atoms with Crippen molar-refractivity contribution in [2.24, 2.45) is 0 Å². The van der Waals surface area contributed by atoms with Crippen molar-refractivity contribution in [3.8, 4) is 0 Å². The molecule has 0 saturated heterocycles. The van der Waals surface area contributed by atoms with E-state index in [1.165, 1.54) is 18.4 Å². The summed E-state index contributed by atoms with van der Waals surface area (Å²) in [5.41, 5.74) is 1.36. The van der Waals surface area contributed by atoms with Crippen molar-refractivity contribution in [1.29, 1.82) is 0 Å². The van der Waals surface area contributed by atoms with Crippen LogP contribution in [0.15, 0.2) is 30.3 Å².